The van der Waals surface area contributed by atoms with Crippen LogP contribution in [0.4, 0.5) is 0 Å². The van der Waals surface area contributed by atoms with E-state index >= 15 is 0 Å². The zero-order valence-electron chi connectivity index (χ0n) is 14.6. The molecule has 0 aliphatic heterocycles. The number of para-hydroxylation sites is 1. The first-order chi connectivity index (χ1) is 13.2. The Bertz CT molecular complexity index is 1090. The van der Waals surface area contributed by atoms with Crippen LogP contribution in [0.2, 0.25) is 0 Å². The van der Waals surface area contributed by atoms with Crippen LogP contribution in [0, 0.1) is 0 Å². The summed E-state index contributed by atoms with van der Waals surface area (Å²) >= 11 is 0. The topological polar surface area (TPSA) is 74.5 Å². The van der Waals surface area contributed by atoms with Crippen molar-refractivity contribution in [3.05, 3.63) is 83.8 Å². The molecule has 6 heteroatoms. The van der Waals surface area contributed by atoms with Crippen LogP contribution in [0.25, 0.3) is 11.0 Å². The molecular weight excluding hydrogens is 344 g/mol. The predicted molar refractivity (Wildman–Crippen MR) is 99.0 cm³/mol. The molecule has 0 bridgehead atoms. The van der Waals surface area contributed by atoms with Crippen LogP contribution >= 0.6 is 0 Å². The number of pyridine rings is 1. The Morgan fingerprint density at radius 3 is 2.81 bits per heavy atom. The van der Waals surface area contributed by atoms with Crippen LogP contribution in [-0.4, -0.2) is 23.2 Å². The van der Waals surface area contributed by atoms with E-state index in [4.69, 9.17) is 14.0 Å². The Morgan fingerprint density at radius 2 is 2.00 bits per heavy atom. The fraction of sp³-hybridized carbons (Fsp3) is 0.0952. The molecule has 4 rings (SSSR count). The van der Waals surface area contributed by atoms with Gasteiger partial charge in [0.2, 0.25) is 0 Å². The van der Waals surface area contributed by atoms with Crippen LogP contribution in [-0.2, 0) is 6.42 Å². The van der Waals surface area contributed by atoms with E-state index in [0.717, 1.165) is 22.4 Å². The molecule has 0 aliphatic rings. The Morgan fingerprint density at radius 1 is 1.11 bits per heavy atom. The lowest BCUT2D eigenvalue weighted by Gasteiger charge is -2.06. The van der Waals surface area contributed by atoms with Gasteiger partial charge in [0.1, 0.15) is 11.5 Å². The van der Waals surface area contributed by atoms with Gasteiger partial charge >= 0.3 is 5.97 Å². The van der Waals surface area contributed by atoms with Crippen LogP contribution in [0.15, 0.2) is 71.5 Å². The molecule has 0 atom stereocenters. The van der Waals surface area contributed by atoms with Crippen molar-refractivity contribution in [3.8, 4) is 11.5 Å². The first-order valence-electron chi connectivity index (χ1n) is 8.37. The molecule has 0 unspecified atom stereocenters. The molecule has 4 aromatic rings. The van der Waals surface area contributed by atoms with Crippen molar-refractivity contribution in [2.45, 2.75) is 6.42 Å². The van der Waals surface area contributed by atoms with E-state index in [0.29, 0.717) is 23.3 Å². The second-order valence-electron chi connectivity index (χ2n) is 5.91. The number of hydrogen-bond donors (Lipinski definition) is 0. The second kappa shape index (κ2) is 7.29. The van der Waals surface area contributed by atoms with Gasteiger partial charge in [0, 0.05) is 35.8 Å². The molecule has 2 aromatic heterocycles. The van der Waals surface area contributed by atoms with Gasteiger partial charge in [-0.1, -0.05) is 23.4 Å². The number of aromatic nitrogens is 2. The van der Waals surface area contributed by atoms with Crippen LogP contribution in [0.1, 0.15) is 21.6 Å². The van der Waals surface area contributed by atoms with E-state index in [1.165, 1.54) is 6.20 Å². The standard InChI is InChI=1S/C21H16N2O4/c1-25-19-7-3-2-5-14(19)11-18-17-9-8-16(12-20(17)27-23-18)26-21(24)15-6-4-10-22-13-15/h2-10,12-13H,11H2,1H3. The van der Waals surface area contributed by atoms with Crippen molar-refractivity contribution >= 4 is 16.9 Å². The highest BCUT2D eigenvalue weighted by Crippen LogP contribution is 2.28. The number of benzene rings is 2. The monoisotopic (exact) mass is 360 g/mol. The molecule has 2 aromatic carbocycles. The molecule has 0 saturated carbocycles. The third-order valence-corrected chi connectivity index (χ3v) is 4.18. The van der Waals surface area contributed by atoms with Gasteiger partial charge in [0.15, 0.2) is 5.58 Å². The first-order valence-corrected chi connectivity index (χ1v) is 8.37. The maximum Gasteiger partial charge on any atom is 0.345 e. The molecule has 0 fully saturated rings. The summed E-state index contributed by atoms with van der Waals surface area (Å²) in [5, 5.41) is 5.03. The molecule has 27 heavy (non-hydrogen) atoms. The van der Waals surface area contributed by atoms with Crippen LogP contribution in [0.3, 0.4) is 0 Å². The number of carbonyl (C=O) groups is 1. The summed E-state index contributed by atoms with van der Waals surface area (Å²) in [5.41, 5.74) is 2.74. The van der Waals surface area contributed by atoms with E-state index < -0.39 is 5.97 Å². The lowest BCUT2D eigenvalue weighted by Crippen LogP contribution is -2.08. The predicted octanol–water partition coefficient (Wildman–Crippen LogP) is 4.04. The third-order valence-electron chi connectivity index (χ3n) is 4.18. The molecule has 0 N–H and O–H groups in total. The minimum absolute atomic E-state index is 0.382. The van der Waals surface area contributed by atoms with Crippen LogP contribution < -0.4 is 9.47 Å². The molecule has 0 amide bonds. The normalized spacial score (nSPS) is 10.7. The second-order valence-corrected chi connectivity index (χ2v) is 5.91. The molecule has 0 saturated heterocycles. The van der Waals surface area contributed by atoms with E-state index in [-0.39, 0.29) is 0 Å². The fourth-order valence-electron chi connectivity index (χ4n) is 2.84. The summed E-state index contributed by atoms with van der Waals surface area (Å²) in [6.07, 6.45) is 3.63. The number of ether oxygens (including phenoxy) is 2. The highest BCUT2D eigenvalue weighted by molar-refractivity contribution is 5.91. The molecule has 6 nitrogen and oxygen atoms in total. The largest absolute Gasteiger partial charge is 0.496 e. The molecule has 0 aliphatic carbocycles. The summed E-state index contributed by atoms with van der Waals surface area (Å²) in [6.45, 7) is 0. The van der Waals surface area contributed by atoms with Crippen molar-refractivity contribution in [1.29, 1.82) is 0 Å². The van der Waals surface area contributed by atoms with Gasteiger partial charge in [0.05, 0.1) is 18.4 Å². The van der Waals surface area contributed by atoms with Crippen molar-refractivity contribution in [2.24, 2.45) is 0 Å². The molecule has 134 valence electrons. The summed E-state index contributed by atoms with van der Waals surface area (Å²) in [7, 11) is 1.64. The lowest BCUT2D eigenvalue weighted by molar-refractivity contribution is 0.0734. The molecular formula is C21H16N2O4. The average molecular weight is 360 g/mol. The summed E-state index contributed by atoms with van der Waals surface area (Å²) in [4.78, 5) is 16.1. The van der Waals surface area contributed by atoms with Crippen molar-refractivity contribution in [3.63, 3.8) is 0 Å². The van der Waals surface area contributed by atoms with Gasteiger partial charge in [-0.05, 0) is 30.3 Å². The number of nitrogens with zero attached hydrogens (tertiary/aromatic N) is 2. The van der Waals surface area contributed by atoms with Crippen molar-refractivity contribution in [2.75, 3.05) is 7.11 Å². The van der Waals surface area contributed by atoms with Gasteiger partial charge in [-0.25, -0.2) is 4.79 Å². The number of hydrogen-bond acceptors (Lipinski definition) is 6. The Balaban J connectivity index is 1.57. The summed E-state index contributed by atoms with van der Waals surface area (Å²) in [5.74, 6) is 0.711. The highest BCUT2D eigenvalue weighted by Gasteiger charge is 2.14. The lowest BCUT2D eigenvalue weighted by atomic mass is 10.1. The minimum Gasteiger partial charge on any atom is -0.496 e. The Hall–Kier alpha value is -3.67. The zero-order chi connectivity index (χ0) is 18.6. The quantitative estimate of drug-likeness (QED) is 0.395. The maximum absolute atomic E-state index is 12.1. The van der Waals surface area contributed by atoms with E-state index in [2.05, 4.69) is 10.1 Å². The van der Waals surface area contributed by atoms with Gasteiger partial charge < -0.3 is 14.0 Å². The van der Waals surface area contributed by atoms with Crippen molar-refractivity contribution < 1.29 is 18.8 Å². The fourth-order valence-corrected chi connectivity index (χ4v) is 2.84. The number of methoxy groups -OCH3 is 1. The number of fused-ring (bicyclic) bond motifs is 1. The van der Waals surface area contributed by atoms with Gasteiger partial charge in [-0.3, -0.25) is 4.98 Å². The minimum atomic E-state index is -0.476. The molecule has 0 radical (unpaired) electrons. The summed E-state index contributed by atoms with van der Waals surface area (Å²) in [6, 6.07) is 16.3. The number of rotatable bonds is 5. The Labute approximate surface area is 155 Å². The number of esters is 1. The Kier molecular flexibility index (Phi) is 4.53. The first kappa shape index (κ1) is 16.8. The van der Waals surface area contributed by atoms with Gasteiger partial charge in [-0.15, -0.1) is 0 Å². The third kappa shape index (κ3) is 3.50. The zero-order valence-corrected chi connectivity index (χ0v) is 14.6. The average Bonchev–Trinajstić information content (AvgIpc) is 3.11. The smallest absolute Gasteiger partial charge is 0.345 e. The van der Waals surface area contributed by atoms with Crippen LogP contribution in [0.5, 0.6) is 11.5 Å². The van der Waals surface area contributed by atoms with E-state index in [1.54, 1.807) is 37.6 Å². The maximum atomic E-state index is 12.1. The van der Waals surface area contributed by atoms with Gasteiger partial charge in [0.25, 0.3) is 0 Å². The SMILES string of the molecule is COc1ccccc1Cc1noc2cc(OC(=O)c3cccnc3)ccc12. The van der Waals surface area contributed by atoms with Crippen molar-refractivity contribution in [1.82, 2.24) is 10.1 Å². The van der Waals surface area contributed by atoms with E-state index in [1.807, 2.05) is 30.3 Å². The molecule has 0 spiro atoms. The van der Waals surface area contributed by atoms with E-state index in [9.17, 15) is 4.79 Å². The van der Waals surface area contributed by atoms with Gasteiger partial charge in [-0.2, -0.15) is 0 Å². The summed E-state index contributed by atoms with van der Waals surface area (Å²) < 4.78 is 16.2. The highest BCUT2D eigenvalue weighted by atomic mass is 16.5. The number of carbonyl (C=O) groups excluding carboxylic acids is 1. The molecule has 2 heterocycles.